The second kappa shape index (κ2) is 13.2. The molecule has 2 aromatic rings. The first-order chi connectivity index (χ1) is 20.1. The monoisotopic (exact) mass is 625 g/mol. The van der Waals surface area contributed by atoms with Crippen molar-refractivity contribution in [3.05, 3.63) is 12.7 Å². The topological polar surface area (TPSA) is 227 Å². The molecular weight excluding hydrogens is 588 g/mol. The molecule has 3 fully saturated rings. The Bertz CT molecular complexity index is 1300. The quantitative estimate of drug-likeness (QED) is 0.0805. The lowest BCUT2D eigenvalue weighted by atomic mass is 10.0. The Morgan fingerprint density at radius 2 is 2.07 bits per heavy atom. The highest BCUT2D eigenvalue weighted by atomic mass is 32.2. The first kappa shape index (κ1) is 30.6. The number of fused-ring (bicyclic) bond motifs is 2. The number of carbonyl (C=O) groups excluding carboxylic acids is 2. The number of anilines is 1. The van der Waals surface area contributed by atoms with Crippen LogP contribution in [0.2, 0.25) is 0 Å². The first-order valence-corrected chi connectivity index (χ1v) is 16.9. The molecule has 2 aromatic heterocycles. The van der Waals surface area contributed by atoms with Crippen LogP contribution in [0.1, 0.15) is 38.3 Å². The summed E-state index contributed by atoms with van der Waals surface area (Å²) in [7, 11) is -0.372. The average Bonchev–Trinajstić information content (AvgIpc) is 3.70. The molecule has 0 saturated carbocycles. The van der Waals surface area contributed by atoms with Gasteiger partial charge in [-0.25, -0.2) is 24.5 Å². The van der Waals surface area contributed by atoms with Crippen molar-refractivity contribution in [3.63, 3.8) is 0 Å². The Morgan fingerprint density at radius 1 is 1.26 bits per heavy atom. The SMILES string of the molecule is C[S+](CC[C@H](NC(=O)CCCC[C@H]1SCC2NC(=O)NC21)C(=O)O)C[C@H]1O[C@@H](n2cnc3c(N)ncnc32)[C@H](O)[C@@H]1O. The van der Waals surface area contributed by atoms with Gasteiger partial charge in [0.15, 0.2) is 17.7 Å². The number of imidazole rings is 1. The number of aromatic nitrogens is 4. The zero-order chi connectivity index (χ0) is 30.0. The first-order valence-electron chi connectivity index (χ1n) is 13.9. The molecule has 3 unspecified atom stereocenters. The van der Waals surface area contributed by atoms with Crippen LogP contribution in [0.4, 0.5) is 10.6 Å². The third-order valence-electron chi connectivity index (χ3n) is 7.92. The van der Waals surface area contributed by atoms with Crippen molar-refractivity contribution in [3.8, 4) is 0 Å². The molecule has 5 heterocycles. The van der Waals surface area contributed by atoms with Gasteiger partial charge in [-0.1, -0.05) is 6.42 Å². The number of nitrogens with zero attached hydrogens (tertiary/aromatic N) is 4. The minimum atomic E-state index is -1.23. The fraction of sp³-hybridized carbons (Fsp3) is 0.680. The van der Waals surface area contributed by atoms with E-state index in [2.05, 4.69) is 30.9 Å². The zero-order valence-electron chi connectivity index (χ0n) is 23.1. The Balaban J connectivity index is 1.05. The Labute approximate surface area is 249 Å². The number of hydrogen-bond acceptors (Lipinski definition) is 11. The molecule has 9 atom stereocenters. The van der Waals surface area contributed by atoms with Gasteiger partial charge in [-0.05, 0) is 23.7 Å². The summed E-state index contributed by atoms with van der Waals surface area (Å²) in [4.78, 5) is 48.1. The summed E-state index contributed by atoms with van der Waals surface area (Å²) in [6, 6.07) is -0.853. The summed E-state index contributed by atoms with van der Waals surface area (Å²) >= 11 is 1.82. The zero-order valence-corrected chi connectivity index (χ0v) is 24.7. The van der Waals surface area contributed by atoms with Gasteiger partial charge in [0.25, 0.3) is 0 Å². The molecule has 8 N–H and O–H groups in total. The predicted octanol–water partition coefficient (Wildman–Crippen LogP) is -1.04. The number of urea groups is 1. The molecule has 230 valence electrons. The number of rotatable bonds is 13. The molecule has 0 aliphatic carbocycles. The standard InChI is InChI=1S/C25H36N8O7S2/c1-42(9-14-19(35)20(36)23(40-14)33-11-29-18-21(26)27-10-28-22(18)33)7-6-12(24(37)38)30-16(34)5-3-2-4-15-17-13(8-41-15)31-25(39)32-17/h10-15,17,19-20,23,35-36H,2-9H2,1H3,(H5-,26,27,28,30,31,32,34,37,38,39)/p+1/t12-,13?,14+,15+,17?,19+,20+,23+,42?/m0/s1. The number of aliphatic hydroxyl groups is 2. The maximum atomic E-state index is 12.5. The minimum absolute atomic E-state index is 0.122. The van der Waals surface area contributed by atoms with Crippen molar-refractivity contribution >= 4 is 57.5 Å². The van der Waals surface area contributed by atoms with Crippen molar-refractivity contribution in [2.75, 3.05) is 29.2 Å². The lowest BCUT2D eigenvalue weighted by Gasteiger charge is -2.17. The van der Waals surface area contributed by atoms with Gasteiger partial charge >= 0.3 is 12.0 Å². The molecule has 3 saturated heterocycles. The number of nitrogen functional groups attached to an aromatic ring is 1. The van der Waals surface area contributed by atoms with Crippen LogP contribution >= 0.6 is 11.8 Å². The third-order valence-corrected chi connectivity index (χ3v) is 11.3. The Kier molecular flexibility index (Phi) is 9.61. The largest absolute Gasteiger partial charge is 0.480 e. The highest BCUT2D eigenvalue weighted by Crippen LogP contribution is 2.34. The van der Waals surface area contributed by atoms with Gasteiger partial charge in [-0.3, -0.25) is 9.36 Å². The van der Waals surface area contributed by atoms with Crippen LogP contribution in [0.5, 0.6) is 0 Å². The molecule has 3 aliphatic heterocycles. The van der Waals surface area contributed by atoms with Gasteiger partial charge in [0.1, 0.15) is 47.7 Å². The number of carboxylic acid groups (broad SMARTS) is 1. The lowest BCUT2D eigenvalue weighted by molar-refractivity contribution is -0.141. The Morgan fingerprint density at radius 3 is 2.86 bits per heavy atom. The summed E-state index contributed by atoms with van der Waals surface area (Å²) in [6.45, 7) is 0. The molecule has 0 radical (unpaired) electrons. The maximum Gasteiger partial charge on any atom is 0.326 e. The molecule has 0 aromatic carbocycles. The fourth-order valence-electron chi connectivity index (χ4n) is 5.63. The molecule has 0 spiro atoms. The number of thioether (sulfide) groups is 1. The van der Waals surface area contributed by atoms with E-state index in [-0.39, 0.29) is 53.6 Å². The van der Waals surface area contributed by atoms with Crippen LogP contribution in [0.15, 0.2) is 12.7 Å². The molecular formula is C25H37N8O7S2+. The van der Waals surface area contributed by atoms with E-state index >= 15 is 0 Å². The van der Waals surface area contributed by atoms with Crippen molar-refractivity contribution in [1.82, 2.24) is 35.5 Å². The molecule has 42 heavy (non-hydrogen) atoms. The molecule has 15 nitrogen and oxygen atoms in total. The van der Waals surface area contributed by atoms with Crippen LogP contribution in [0.25, 0.3) is 11.2 Å². The number of aliphatic carboxylic acids is 1. The highest BCUT2D eigenvalue weighted by Gasteiger charge is 2.47. The predicted molar refractivity (Wildman–Crippen MR) is 157 cm³/mol. The van der Waals surface area contributed by atoms with Gasteiger partial charge in [0.2, 0.25) is 5.91 Å². The van der Waals surface area contributed by atoms with Crippen LogP contribution in [0, 0.1) is 0 Å². The van der Waals surface area contributed by atoms with E-state index in [1.54, 1.807) is 0 Å². The number of amides is 3. The summed E-state index contributed by atoms with van der Waals surface area (Å²) in [5.74, 6) is 0.563. The second-order valence-electron chi connectivity index (χ2n) is 10.9. The van der Waals surface area contributed by atoms with E-state index < -0.39 is 36.6 Å². The minimum Gasteiger partial charge on any atom is -0.480 e. The van der Waals surface area contributed by atoms with E-state index in [1.807, 2.05) is 18.0 Å². The van der Waals surface area contributed by atoms with E-state index in [9.17, 15) is 29.7 Å². The number of aliphatic hydroxyl groups excluding tert-OH is 2. The van der Waals surface area contributed by atoms with Crippen molar-refractivity contribution in [2.24, 2.45) is 0 Å². The van der Waals surface area contributed by atoms with Crippen LogP contribution < -0.4 is 21.7 Å². The van der Waals surface area contributed by atoms with Crippen LogP contribution in [-0.2, 0) is 25.2 Å². The van der Waals surface area contributed by atoms with Gasteiger partial charge in [-0.2, -0.15) is 11.8 Å². The van der Waals surface area contributed by atoms with Crippen molar-refractivity contribution in [2.45, 2.75) is 80.0 Å². The van der Waals surface area contributed by atoms with E-state index in [0.717, 1.165) is 18.6 Å². The Hall–Kier alpha value is -2.86. The summed E-state index contributed by atoms with van der Waals surface area (Å²) < 4.78 is 7.52. The van der Waals surface area contributed by atoms with Crippen LogP contribution in [-0.4, -0.2) is 118 Å². The molecule has 0 bridgehead atoms. The molecule has 17 heteroatoms. The van der Waals surface area contributed by atoms with Gasteiger partial charge in [-0.15, -0.1) is 0 Å². The van der Waals surface area contributed by atoms with E-state index in [0.29, 0.717) is 34.3 Å². The third kappa shape index (κ3) is 6.69. The van der Waals surface area contributed by atoms with E-state index in [4.69, 9.17) is 10.5 Å². The second-order valence-corrected chi connectivity index (χ2v) is 14.5. The van der Waals surface area contributed by atoms with Gasteiger partial charge < -0.3 is 41.7 Å². The number of carbonyl (C=O) groups is 3. The number of nitrogens with two attached hydrogens (primary N) is 1. The molecule has 3 amide bonds. The van der Waals surface area contributed by atoms with Crippen LogP contribution in [0.3, 0.4) is 0 Å². The number of hydrogen-bond donors (Lipinski definition) is 7. The van der Waals surface area contributed by atoms with E-state index in [1.165, 1.54) is 17.2 Å². The number of nitrogens with one attached hydrogen (secondary N) is 3. The highest BCUT2D eigenvalue weighted by molar-refractivity contribution is 8.00. The normalized spacial score (nSPS) is 30.1. The number of unbranched alkanes of at least 4 members (excludes halogenated alkanes) is 1. The number of carboxylic acids is 1. The van der Waals surface area contributed by atoms with Gasteiger partial charge in [0, 0.05) is 23.8 Å². The summed E-state index contributed by atoms with van der Waals surface area (Å²) in [5.41, 5.74) is 6.59. The maximum absolute atomic E-state index is 12.5. The number of ether oxygens (including phenoxy) is 1. The van der Waals surface area contributed by atoms with Crippen molar-refractivity contribution in [1.29, 1.82) is 0 Å². The molecule has 3 aliphatic rings. The molecule has 5 rings (SSSR count). The fourth-order valence-corrected chi connectivity index (χ4v) is 8.82. The average molecular weight is 626 g/mol. The van der Waals surface area contributed by atoms with Gasteiger partial charge in [0.05, 0.1) is 24.7 Å². The smallest absolute Gasteiger partial charge is 0.326 e. The summed E-state index contributed by atoms with van der Waals surface area (Å²) in [5, 5.41) is 39.9. The van der Waals surface area contributed by atoms with Crippen molar-refractivity contribution < 1.29 is 34.4 Å². The lowest BCUT2D eigenvalue weighted by Crippen LogP contribution is -2.42. The summed E-state index contributed by atoms with van der Waals surface area (Å²) in [6.07, 6.45) is 3.44.